The number of hydrogen-bond donors (Lipinski definition) is 1. The molecule has 0 spiro atoms. The molecule has 0 radical (unpaired) electrons. The molecule has 2 aromatic carbocycles. The molecule has 1 aliphatic carbocycles. The van der Waals surface area contributed by atoms with E-state index in [0.717, 1.165) is 46.3 Å². The van der Waals surface area contributed by atoms with Crippen LogP contribution in [-0.4, -0.2) is 16.0 Å². The normalized spacial score (nSPS) is 13.1. The molecule has 0 atom stereocenters. The zero-order chi connectivity index (χ0) is 21.4. The minimum Gasteiger partial charge on any atom is -0.333 e. The van der Waals surface area contributed by atoms with E-state index in [9.17, 15) is 4.79 Å². The molecule has 5 rings (SSSR count). The zero-order valence-electron chi connectivity index (χ0n) is 16.9. The van der Waals surface area contributed by atoms with Gasteiger partial charge in [-0.3, -0.25) is 4.79 Å². The average molecular weight is 494 g/mol. The molecular weight excluding hydrogens is 474 g/mol. The van der Waals surface area contributed by atoms with E-state index in [1.54, 1.807) is 23.5 Å². The topological polar surface area (TPSA) is 68.0 Å². The summed E-state index contributed by atoms with van der Waals surface area (Å²) in [5.41, 5.74) is 4.78. The summed E-state index contributed by atoms with van der Waals surface area (Å²) >= 11 is 5.03. The van der Waals surface area contributed by atoms with Crippen LogP contribution in [0.5, 0.6) is 0 Å². The number of hydrogen-bond acceptors (Lipinski definition) is 5. The number of anilines is 1. The number of amides is 1. The number of nitrogens with zero attached hydrogens (tertiary/aromatic N) is 2. The van der Waals surface area contributed by atoms with Crippen LogP contribution in [0.4, 0.5) is 5.00 Å². The Bertz CT molecular complexity index is 1240. The quantitative estimate of drug-likeness (QED) is 0.344. The van der Waals surface area contributed by atoms with Crippen LogP contribution in [0.25, 0.3) is 22.8 Å². The minimum atomic E-state index is -0.148. The van der Waals surface area contributed by atoms with E-state index in [1.807, 2.05) is 43.3 Å². The SMILES string of the molecule is Cc1ccc(-c2noc(-c3c(NC(=O)c4ccc(Br)cc4)sc4c3CCCC4)n2)cc1. The molecule has 1 N–H and O–H groups in total. The highest BCUT2D eigenvalue weighted by atomic mass is 79.9. The molecule has 0 saturated heterocycles. The molecule has 0 aliphatic heterocycles. The Morgan fingerprint density at radius 1 is 1.06 bits per heavy atom. The lowest BCUT2D eigenvalue weighted by Gasteiger charge is -2.11. The summed E-state index contributed by atoms with van der Waals surface area (Å²) in [6, 6.07) is 15.4. The summed E-state index contributed by atoms with van der Waals surface area (Å²) in [4.78, 5) is 18.9. The number of nitrogens with one attached hydrogen (secondary N) is 1. The summed E-state index contributed by atoms with van der Waals surface area (Å²) in [6.07, 6.45) is 4.25. The van der Waals surface area contributed by atoms with Crippen molar-refractivity contribution in [1.29, 1.82) is 0 Å². The molecule has 5 nitrogen and oxygen atoms in total. The Labute approximate surface area is 192 Å². The second-order valence-electron chi connectivity index (χ2n) is 7.67. The van der Waals surface area contributed by atoms with Gasteiger partial charge in [0, 0.05) is 20.5 Å². The second-order valence-corrected chi connectivity index (χ2v) is 9.69. The van der Waals surface area contributed by atoms with E-state index in [1.165, 1.54) is 16.0 Å². The van der Waals surface area contributed by atoms with Gasteiger partial charge in [-0.2, -0.15) is 4.98 Å². The fraction of sp³-hybridized carbons (Fsp3) is 0.208. The molecule has 0 fully saturated rings. The van der Waals surface area contributed by atoms with Gasteiger partial charge >= 0.3 is 0 Å². The summed E-state index contributed by atoms with van der Waals surface area (Å²) in [6.45, 7) is 2.05. The van der Waals surface area contributed by atoms with E-state index in [2.05, 4.69) is 31.4 Å². The molecule has 1 amide bonds. The highest BCUT2D eigenvalue weighted by molar-refractivity contribution is 9.10. The largest absolute Gasteiger partial charge is 0.333 e. The fourth-order valence-corrected chi connectivity index (χ4v) is 5.34. The van der Waals surface area contributed by atoms with Gasteiger partial charge in [-0.1, -0.05) is 50.9 Å². The number of aryl methyl sites for hydroxylation is 2. The van der Waals surface area contributed by atoms with Crippen molar-refractivity contribution < 1.29 is 9.32 Å². The molecule has 1 aliphatic rings. The molecule has 0 unspecified atom stereocenters. The van der Waals surface area contributed by atoms with Gasteiger partial charge in [0.1, 0.15) is 5.00 Å². The van der Waals surface area contributed by atoms with E-state index in [-0.39, 0.29) is 5.91 Å². The van der Waals surface area contributed by atoms with Gasteiger partial charge in [-0.25, -0.2) is 0 Å². The first-order valence-corrected chi connectivity index (χ1v) is 11.8. The molecular formula is C24H20BrN3O2S. The summed E-state index contributed by atoms with van der Waals surface area (Å²) in [5, 5.41) is 8.08. The lowest BCUT2D eigenvalue weighted by atomic mass is 9.95. The zero-order valence-corrected chi connectivity index (χ0v) is 19.3. The third-order valence-electron chi connectivity index (χ3n) is 5.45. The number of thiophene rings is 1. The molecule has 2 aromatic heterocycles. The molecule has 0 bridgehead atoms. The van der Waals surface area contributed by atoms with Gasteiger partial charge in [0.25, 0.3) is 11.8 Å². The van der Waals surface area contributed by atoms with Crippen LogP contribution >= 0.6 is 27.3 Å². The molecule has 4 aromatic rings. The van der Waals surface area contributed by atoms with Gasteiger partial charge in [-0.05, 0) is 62.4 Å². The third kappa shape index (κ3) is 4.07. The number of rotatable bonds is 4. The van der Waals surface area contributed by atoms with Crippen molar-refractivity contribution in [2.75, 3.05) is 5.32 Å². The Morgan fingerprint density at radius 3 is 2.58 bits per heavy atom. The molecule has 31 heavy (non-hydrogen) atoms. The first-order chi connectivity index (χ1) is 15.1. The van der Waals surface area contributed by atoms with Crippen molar-refractivity contribution >= 4 is 38.2 Å². The predicted octanol–water partition coefficient (Wildman–Crippen LogP) is 6.67. The Hall–Kier alpha value is -2.77. The van der Waals surface area contributed by atoms with Crippen molar-refractivity contribution in [1.82, 2.24) is 10.1 Å². The fourth-order valence-electron chi connectivity index (χ4n) is 3.80. The predicted molar refractivity (Wildman–Crippen MR) is 127 cm³/mol. The Morgan fingerprint density at radius 2 is 1.81 bits per heavy atom. The first-order valence-electron chi connectivity index (χ1n) is 10.2. The van der Waals surface area contributed by atoms with Crippen molar-refractivity contribution in [3.05, 3.63) is 74.6 Å². The monoisotopic (exact) mass is 493 g/mol. The minimum absolute atomic E-state index is 0.148. The van der Waals surface area contributed by atoms with Crippen LogP contribution in [0.1, 0.15) is 39.2 Å². The van der Waals surface area contributed by atoms with Crippen molar-refractivity contribution in [2.24, 2.45) is 0 Å². The average Bonchev–Trinajstić information content (AvgIpc) is 3.39. The second kappa shape index (κ2) is 8.40. The van der Waals surface area contributed by atoms with Gasteiger partial charge in [-0.15, -0.1) is 11.3 Å². The van der Waals surface area contributed by atoms with Crippen LogP contribution in [0, 0.1) is 6.92 Å². The van der Waals surface area contributed by atoms with Gasteiger partial charge in [0.2, 0.25) is 5.82 Å². The smallest absolute Gasteiger partial charge is 0.261 e. The van der Waals surface area contributed by atoms with E-state index >= 15 is 0 Å². The number of halogens is 1. The van der Waals surface area contributed by atoms with E-state index in [4.69, 9.17) is 4.52 Å². The maximum atomic E-state index is 12.9. The number of fused-ring (bicyclic) bond motifs is 1. The molecule has 0 saturated carbocycles. The van der Waals surface area contributed by atoms with Crippen LogP contribution in [0.2, 0.25) is 0 Å². The lowest BCUT2D eigenvalue weighted by molar-refractivity contribution is 0.102. The van der Waals surface area contributed by atoms with Gasteiger partial charge < -0.3 is 9.84 Å². The number of carbonyl (C=O) groups is 1. The first kappa shape index (κ1) is 20.2. The number of carbonyl (C=O) groups excluding carboxylic acids is 1. The Balaban J connectivity index is 1.52. The third-order valence-corrected chi connectivity index (χ3v) is 7.19. The highest BCUT2D eigenvalue weighted by Gasteiger charge is 2.27. The highest BCUT2D eigenvalue weighted by Crippen LogP contribution is 2.44. The summed E-state index contributed by atoms with van der Waals surface area (Å²) in [5.74, 6) is 0.864. The Kier molecular flexibility index (Phi) is 5.46. The van der Waals surface area contributed by atoms with E-state index in [0.29, 0.717) is 17.3 Å². The maximum Gasteiger partial charge on any atom is 0.261 e. The van der Waals surface area contributed by atoms with Crippen LogP contribution in [0.3, 0.4) is 0 Å². The maximum absolute atomic E-state index is 12.9. The standard InChI is InChI=1S/C24H20BrN3O2S/c1-14-6-8-15(9-7-14)21-26-23(30-28-21)20-18-4-2-3-5-19(18)31-24(20)27-22(29)16-10-12-17(25)13-11-16/h6-13H,2-5H2,1H3,(H,27,29). The molecule has 7 heteroatoms. The number of benzene rings is 2. The van der Waals surface area contributed by atoms with Crippen LogP contribution < -0.4 is 5.32 Å². The summed E-state index contributed by atoms with van der Waals surface area (Å²) < 4.78 is 6.63. The molecule has 2 heterocycles. The summed E-state index contributed by atoms with van der Waals surface area (Å²) in [7, 11) is 0. The van der Waals surface area contributed by atoms with Crippen LogP contribution in [0.15, 0.2) is 57.5 Å². The van der Waals surface area contributed by atoms with Crippen molar-refractivity contribution in [3.8, 4) is 22.8 Å². The molecule has 156 valence electrons. The van der Waals surface area contributed by atoms with E-state index < -0.39 is 0 Å². The van der Waals surface area contributed by atoms with Crippen molar-refractivity contribution in [3.63, 3.8) is 0 Å². The van der Waals surface area contributed by atoms with Crippen molar-refractivity contribution in [2.45, 2.75) is 32.6 Å². The van der Waals surface area contributed by atoms with Gasteiger partial charge in [0.05, 0.1) is 5.56 Å². The number of aromatic nitrogens is 2. The van der Waals surface area contributed by atoms with Gasteiger partial charge in [0.15, 0.2) is 0 Å². The lowest BCUT2D eigenvalue weighted by Crippen LogP contribution is -2.11. The van der Waals surface area contributed by atoms with Crippen LogP contribution in [-0.2, 0) is 12.8 Å².